The summed E-state index contributed by atoms with van der Waals surface area (Å²) >= 11 is 0. The molecule has 1 aromatic rings. The van der Waals surface area contributed by atoms with E-state index in [0.29, 0.717) is 19.5 Å². The van der Waals surface area contributed by atoms with E-state index in [0.717, 1.165) is 12.8 Å². The zero-order valence-electron chi connectivity index (χ0n) is 12.3. The van der Waals surface area contributed by atoms with Crippen LogP contribution < -0.4 is 5.32 Å². The van der Waals surface area contributed by atoms with Gasteiger partial charge in [-0.25, -0.2) is 4.79 Å². The number of fused-ring (bicyclic) bond motifs is 1. The summed E-state index contributed by atoms with van der Waals surface area (Å²) in [7, 11) is 0. The molecular formula is C16H22N2O3. The van der Waals surface area contributed by atoms with Crippen LogP contribution in [0.15, 0.2) is 24.3 Å². The van der Waals surface area contributed by atoms with Gasteiger partial charge in [0.1, 0.15) is 0 Å². The van der Waals surface area contributed by atoms with E-state index in [1.165, 1.54) is 11.1 Å². The first-order valence-corrected chi connectivity index (χ1v) is 7.40. The van der Waals surface area contributed by atoms with Gasteiger partial charge in [-0.05, 0) is 37.3 Å². The van der Waals surface area contributed by atoms with Crippen molar-refractivity contribution in [2.75, 3.05) is 13.1 Å². The molecule has 1 aromatic carbocycles. The second-order valence-corrected chi connectivity index (χ2v) is 5.54. The number of nitrogens with one attached hydrogen (secondary N) is 1. The summed E-state index contributed by atoms with van der Waals surface area (Å²) in [6.45, 7) is 3.25. The molecule has 2 rings (SSSR count). The number of carbonyl (C=O) groups is 2. The molecule has 0 aromatic heterocycles. The van der Waals surface area contributed by atoms with Crippen molar-refractivity contribution in [1.82, 2.24) is 10.2 Å². The first-order chi connectivity index (χ1) is 10.1. The van der Waals surface area contributed by atoms with Crippen molar-refractivity contribution in [3.8, 4) is 0 Å². The molecule has 0 bridgehead atoms. The van der Waals surface area contributed by atoms with Crippen LogP contribution in [-0.2, 0) is 17.6 Å². The van der Waals surface area contributed by atoms with Gasteiger partial charge in [-0.15, -0.1) is 0 Å². The molecule has 1 unspecified atom stereocenters. The number of nitrogens with zero attached hydrogens (tertiary/aromatic N) is 1. The summed E-state index contributed by atoms with van der Waals surface area (Å²) in [4.78, 5) is 24.6. The van der Waals surface area contributed by atoms with E-state index < -0.39 is 5.97 Å². The highest BCUT2D eigenvalue weighted by atomic mass is 16.4. The number of carboxylic acid groups (broad SMARTS) is 1. The molecule has 2 amide bonds. The van der Waals surface area contributed by atoms with Gasteiger partial charge in [0, 0.05) is 25.6 Å². The van der Waals surface area contributed by atoms with Gasteiger partial charge in [-0.3, -0.25) is 4.79 Å². The molecule has 21 heavy (non-hydrogen) atoms. The first-order valence-electron chi connectivity index (χ1n) is 7.40. The lowest BCUT2D eigenvalue weighted by Crippen LogP contribution is -2.45. The zero-order valence-corrected chi connectivity index (χ0v) is 12.3. The van der Waals surface area contributed by atoms with E-state index in [1.807, 2.05) is 24.0 Å². The third-order valence-corrected chi connectivity index (χ3v) is 3.87. The highest BCUT2D eigenvalue weighted by molar-refractivity contribution is 5.74. The van der Waals surface area contributed by atoms with Crippen molar-refractivity contribution >= 4 is 12.0 Å². The number of hydrogen-bond acceptors (Lipinski definition) is 2. The first kappa shape index (κ1) is 15.4. The molecular weight excluding hydrogens is 268 g/mol. The van der Waals surface area contributed by atoms with Crippen LogP contribution in [0.25, 0.3) is 0 Å². The van der Waals surface area contributed by atoms with Crippen LogP contribution in [-0.4, -0.2) is 41.1 Å². The van der Waals surface area contributed by atoms with Gasteiger partial charge in [-0.1, -0.05) is 24.3 Å². The number of rotatable bonds is 4. The SMILES string of the molecule is CC(CCC(=O)O)NC(=O)N1CCc2ccccc2CC1. The Morgan fingerprint density at radius 2 is 1.81 bits per heavy atom. The summed E-state index contributed by atoms with van der Waals surface area (Å²) in [5, 5.41) is 11.5. The molecule has 0 saturated heterocycles. The van der Waals surface area contributed by atoms with Crippen molar-refractivity contribution in [2.45, 2.75) is 38.6 Å². The fraction of sp³-hybridized carbons (Fsp3) is 0.500. The molecule has 0 saturated carbocycles. The fourth-order valence-electron chi connectivity index (χ4n) is 2.59. The van der Waals surface area contributed by atoms with Crippen LogP contribution in [0.1, 0.15) is 30.9 Å². The highest BCUT2D eigenvalue weighted by Gasteiger charge is 2.19. The lowest BCUT2D eigenvalue weighted by Gasteiger charge is -2.23. The zero-order chi connectivity index (χ0) is 15.2. The molecule has 1 heterocycles. The van der Waals surface area contributed by atoms with Crippen molar-refractivity contribution in [2.24, 2.45) is 0 Å². The Kier molecular flexibility index (Phi) is 5.20. The lowest BCUT2D eigenvalue weighted by molar-refractivity contribution is -0.137. The molecule has 0 aliphatic carbocycles. The number of aliphatic carboxylic acids is 1. The van der Waals surface area contributed by atoms with E-state index in [9.17, 15) is 9.59 Å². The standard InChI is InChI=1S/C16H22N2O3/c1-12(6-7-15(19)20)17-16(21)18-10-8-13-4-2-3-5-14(13)9-11-18/h2-5,12H,6-11H2,1H3,(H,17,21)(H,19,20). The summed E-state index contributed by atoms with van der Waals surface area (Å²) in [6.07, 6.45) is 2.27. The number of hydrogen-bond donors (Lipinski definition) is 2. The predicted molar refractivity (Wildman–Crippen MR) is 80.3 cm³/mol. The van der Waals surface area contributed by atoms with Gasteiger partial charge < -0.3 is 15.3 Å². The van der Waals surface area contributed by atoms with E-state index in [-0.39, 0.29) is 18.5 Å². The monoisotopic (exact) mass is 290 g/mol. The van der Waals surface area contributed by atoms with E-state index in [1.54, 1.807) is 0 Å². The van der Waals surface area contributed by atoms with Crippen LogP contribution in [0.2, 0.25) is 0 Å². The van der Waals surface area contributed by atoms with Crippen molar-refractivity contribution in [3.05, 3.63) is 35.4 Å². The maximum Gasteiger partial charge on any atom is 0.317 e. The smallest absolute Gasteiger partial charge is 0.317 e. The summed E-state index contributed by atoms with van der Waals surface area (Å²) in [6, 6.07) is 8.07. The van der Waals surface area contributed by atoms with Crippen LogP contribution in [0.5, 0.6) is 0 Å². The van der Waals surface area contributed by atoms with E-state index in [4.69, 9.17) is 5.11 Å². The Labute approximate surface area is 125 Å². The predicted octanol–water partition coefficient (Wildman–Crippen LogP) is 2.05. The lowest BCUT2D eigenvalue weighted by atomic mass is 10.0. The van der Waals surface area contributed by atoms with Gasteiger partial charge in [0.15, 0.2) is 0 Å². The second kappa shape index (κ2) is 7.11. The van der Waals surface area contributed by atoms with Crippen molar-refractivity contribution < 1.29 is 14.7 Å². The average molecular weight is 290 g/mol. The van der Waals surface area contributed by atoms with Gasteiger partial charge in [0.05, 0.1) is 0 Å². The Balaban J connectivity index is 1.86. The van der Waals surface area contributed by atoms with Gasteiger partial charge in [-0.2, -0.15) is 0 Å². The summed E-state index contributed by atoms with van der Waals surface area (Å²) in [5.41, 5.74) is 2.62. The molecule has 1 aliphatic rings. The minimum Gasteiger partial charge on any atom is -0.481 e. The van der Waals surface area contributed by atoms with Crippen LogP contribution in [0, 0.1) is 0 Å². The van der Waals surface area contributed by atoms with Crippen molar-refractivity contribution in [1.29, 1.82) is 0 Å². The summed E-state index contributed by atoms with van der Waals surface area (Å²) < 4.78 is 0. The number of benzene rings is 1. The Bertz CT molecular complexity index is 489. The number of amides is 2. The molecule has 0 spiro atoms. The minimum absolute atomic E-state index is 0.0763. The van der Waals surface area contributed by atoms with Crippen LogP contribution in [0.4, 0.5) is 4.79 Å². The average Bonchev–Trinajstić information content (AvgIpc) is 2.67. The maximum atomic E-state index is 12.2. The second-order valence-electron chi connectivity index (χ2n) is 5.54. The Morgan fingerprint density at radius 1 is 1.24 bits per heavy atom. The van der Waals surface area contributed by atoms with Crippen molar-refractivity contribution in [3.63, 3.8) is 0 Å². The van der Waals surface area contributed by atoms with Crippen LogP contribution in [0.3, 0.4) is 0 Å². The Hall–Kier alpha value is -2.04. The molecule has 0 fully saturated rings. The molecule has 1 aliphatic heterocycles. The molecule has 114 valence electrons. The van der Waals surface area contributed by atoms with Gasteiger partial charge in [0.25, 0.3) is 0 Å². The topological polar surface area (TPSA) is 69.6 Å². The molecule has 5 nitrogen and oxygen atoms in total. The molecule has 5 heteroatoms. The van der Waals surface area contributed by atoms with Gasteiger partial charge in [0.2, 0.25) is 0 Å². The number of urea groups is 1. The summed E-state index contributed by atoms with van der Waals surface area (Å²) in [5.74, 6) is -0.832. The third-order valence-electron chi connectivity index (χ3n) is 3.87. The molecule has 1 atom stereocenters. The highest BCUT2D eigenvalue weighted by Crippen LogP contribution is 2.15. The third kappa shape index (κ3) is 4.48. The molecule has 0 radical (unpaired) electrons. The number of carbonyl (C=O) groups excluding carboxylic acids is 1. The van der Waals surface area contributed by atoms with E-state index in [2.05, 4.69) is 17.4 Å². The number of carboxylic acids is 1. The normalized spacial score (nSPS) is 15.8. The fourth-order valence-corrected chi connectivity index (χ4v) is 2.59. The van der Waals surface area contributed by atoms with Gasteiger partial charge >= 0.3 is 12.0 Å². The quantitative estimate of drug-likeness (QED) is 0.891. The Morgan fingerprint density at radius 3 is 2.33 bits per heavy atom. The minimum atomic E-state index is -0.832. The molecule has 2 N–H and O–H groups in total. The van der Waals surface area contributed by atoms with E-state index >= 15 is 0 Å². The van der Waals surface area contributed by atoms with Crippen LogP contribution >= 0.6 is 0 Å². The largest absolute Gasteiger partial charge is 0.481 e. The maximum absolute atomic E-state index is 12.2.